The number of ether oxygens (including phenoxy) is 1. The first-order valence-corrected chi connectivity index (χ1v) is 2.76. The van der Waals surface area contributed by atoms with E-state index in [-0.39, 0.29) is 6.23 Å². The first-order valence-electron chi connectivity index (χ1n) is 2.76. The van der Waals surface area contributed by atoms with E-state index in [2.05, 4.69) is 5.32 Å². The molecule has 1 atom stereocenters. The number of nitrogens with two attached hydrogens (primary N) is 1. The van der Waals surface area contributed by atoms with Gasteiger partial charge in [0.25, 0.3) is 0 Å². The summed E-state index contributed by atoms with van der Waals surface area (Å²) in [6.07, 6.45) is 5.47. The molecule has 1 heterocycles. The highest BCUT2D eigenvalue weighted by Gasteiger charge is 2.03. The molecule has 0 spiro atoms. The summed E-state index contributed by atoms with van der Waals surface area (Å²) in [7, 11) is 1.63. The van der Waals surface area contributed by atoms with E-state index < -0.39 is 0 Å². The molecule has 1 rings (SSSR count). The van der Waals surface area contributed by atoms with Crippen LogP contribution in [0.5, 0.6) is 0 Å². The molecule has 3 N–H and O–H groups in total. The maximum atomic E-state index is 5.42. The Hall–Kier alpha value is -0.960. The molecule has 9 heavy (non-hydrogen) atoms. The monoisotopic (exact) mass is 126 g/mol. The van der Waals surface area contributed by atoms with Crippen LogP contribution in [-0.2, 0) is 4.74 Å². The zero-order valence-electron chi connectivity index (χ0n) is 5.29. The number of hydrogen-bond donors (Lipinski definition) is 2. The number of allylic oxidation sites excluding steroid dienone is 2. The predicted molar refractivity (Wildman–Crippen MR) is 35.3 cm³/mol. The Labute approximate surface area is 54.2 Å². The van der Waals surface area contributed by atoms with Crippen molar-refractivity contribution in [1.29, 1.82) is 0 Å². The van der Waals surface area contributed by atoms with Crippen molar-refractivity contribution in [2.24, 2.45) is 5.73 Å². The van der Waals surface area contributed by atoms with E-state index >= 15 is 0 Å². The summed E-state index contributed by atoms with van der Waals surface area (Å²) in [6.45, 7) is 0. The van der Waals surface area contributed by atoms with Gasteiger partial charge in [0, 0.05) is 7.11 Å². The molecule has 0 aromatic heterocycles. The smallest absolute Gasteiger partial charge is 0.147 e. The standard InChI is InChI=1S/C6H10N2O/c1-9-6-4-2-3-5(7)8-6/h2-4,6,8H,7H2,1H3. The summed E-state index contributed by atoms with van der Waals surface area (Å²) in [5.41, 5.74) is 5.42. The van der Waals surface area contributed by atoms with Crippen molar-refractivity contribution in [3.8, 4) is 0 Å². The lowest BCUT2D eigenvalue weighted by Crippen LogP contribution is -2.33. The van der Waals surface area contributed by atoms with Crippen molar-refractivity contribution < 1.29 is 4.74 Å². The molecule has 1 aliphatic rings. The minimum Gasteiger partial charge on any atom is -0.385 e. The molecule has 0 aromatic rings. The lowest BCUT2D eigenvalue weighted by molar-refractivity contribution is 0.120. The molecule has 1 aliphatic heterocycles. The van der Waals surface area contributed by atoms with Crippen LogP contribution in [0.4, 0.5) is 0 Å². The first kappa shape index (κ1) is 6.16. The minimum atomic E-state index is -0.0602. The van der Waals surface area contributed by atoms with Crippen molar-refractivity contribution >= 4 is 0 Å². The van der Waals surface area contributed by atoms with Crippen molar-refractivity contribution in [2.75, 3.05) is 7.11 Å². The van der Waals surface area contributed by atoms with E-state index in [0.717, 1.165) is 0 Å². The van der Waals surface area contributed by atoms with Crippen LogP contribution in [0.3, 0.4) is 0 Å². The molecule has 0 aliphatic carbocycles. The molecule has 0 bridgehead atoms. The Kier molecular flexibility index (Phi) is 1.75. The second-order valence-electron chi connectivity index (χ2n) is 1.81. The molecule has 0 fully saturated rings. The maximum absolute atomic E-state index is 5.42. The third-order valence-electron chi connectivity index (χ3n) is 1.12. The third kappa shape index (κ3) is 1.47. The zero-order valence-corrected chi connectivity index (χ0v) is 5.29. The molecular weight excluding hydrogens is 116 g/mol. The van der Waals surface area contributed by atoms with E-state index in [1.807, 2.05) is 12.2 Å². The van der Waals surface area contributed by atoms with Gasteiger partial charge in [-0.1, -0.05) is 6.08 Å². The summed E-state index contributed by atoms with van der Waals surface area (Å²) in [5.74, 6) is 0.643. The summed E-state index contributed by atoms with van der Waals surface area (Å²) < 4.78 is 4.94. The van der Waals surface area contributed by atoms with Gasteiger partial charge in [0.15, 0.2) is 0 Å². The fourth-order valence-electron chi connectivity index (χ4n) is 0.658. The summed E-state index contributed by atoms with van der Waals surface area (Å²) in [6, 6.07) is 0. The van der Waals surface area contributed by atoms with E-state index in [1.54, 1.807) is 13.2 Å². The summed E-state index contributed by atoms with van der Waals surface area (Å²) >= 11 is 0. The summed E-state index contributed by atoms with van der Waals surface area (Å²) in [5, 5.41) is 2.90. The van der Waals surface area contributed by atoms with E-state index in [4.69, 9.17) is 10.5 Å². The van der Waals surface area contributed by atoms with Gasteiger partial charge in [-0.15, -0.1) is 0 Å². The average molecular weight is 126 g/mol. The highest BCUT2D eigenvalue weighted by molar-refractivity contribution is 5.15. The minimum absolute atomic E-state index is 0.0602. The van der Waals surface area contributed by atoms with Crippen molar-refractivity contribution in [3.63, 3.8) is 0 Å². The van der Waals surface area contributed by atoms with Gasteiger partial charge in [0.1, 0.15) is 6.23 Å². The zero-order chi connectivity index (χ0) is 6.69. The Morgan fingerprint density at radius 1 is 1.78 bits per heavy atom. The predicted octanol–water partition coefficient (Wildman–Crippen LogP) is -0.0816. The molecule has 1 unspecified atom stereocenters. The van der Waals surface area contributed by atoms with E-state index in [1.165, 1.54) is 0 Å². The molecular formula is C6H10N2O. The first-order chi connectivity index (χ1) is 4.33. The van der Waals surface area contributed by atoms with Crippen LogP contribution in [0.1, 0.15) is 0 Å². The van der Waals surface area contributed by atoms with E-state index in [9.17, 15) is 0 Å². The molecule has 0 radical (unpaired) electrons. The molecule has 0 amide bonds. The van der Waals surface area contributed by atoms with Crippen LogP contribution < -0.4 is 11.1 Å². The molecule has 3 nitrogen and oxygen atoms in total. The quantitative estimate of drug-likeness (QED) is 0.516. The van der Waals surface area contributed by atoms with Gasteiger partial charge >= 0.3 is 0 Å². The van der Waals surface area contributed by atoms with Crippen molar-refractivity contribution in [2.45, 2.75) is 6.23 Å². The molecule has 50 valence electrons. The fourth-order valence-corrected chi connectivity index (χ4v) is 0.658. The highest BCUT2D eigenvalue weighted by Crippen LogP contribution is 1.96. The van der Waals surface area contributed by atoms with Gasteiger partial charge in [0.2, 0.25) is 0 Å². The Morgan fingerprint density at radius 3 is 3.00 bits per heavy atom. The largest absolute Gasteiger partial charge is 0.385 e. The van der Waals surface area contributed by atoms with Gasteiger partial charge in [-0.05, 0) is 12.2 Å². The number of methoxy groups -OCH3 is 1. The Morgan fingerprint density at radius 2 is 2.56 bits per heavy atom. The highest BCUT2D eigenvalue weighted by atomic mass is 16.5. The summed E-state index contributed by atoms with van der Waals surface area (Å²) in [4.78, 5) is 0. The van der Waals surface area contributed by atoms with Gasteiger partial charge < -0.3 is 15.8 Å². The maximum Gasteiger partial charge on any atom is 0.147 e. The van der Waals surface area contributed by atoms with Gasteiger partial charge in [-0.25, -0.2) is 0 Å². The Bertz CT molecular complexity index is 151. The van der Waals surface area contributed by atoms with Crippen molar-refractivity contribution in [3.05, 3.63) is 24.0 Å². The normalized spacial score (nSPS) is 25.0. The van der Waals surface area contributed by atoms with Crippen LogP contribution in [-0.4, -0.2) is 13.3 Å². The second-order valence-corrected chi connectivity index (χ2v) is 1.81. The second kappa shape index (κ2) is 2.55. The third-order valence-corrected chi connectivity index (χ3v) is 1.12. The van der Waals surface area contributed by atoms with Crippen LogP contribution in [0.25, 0.3) is 0 Å². The lowest BCUT2D eigenvalue weighted by atomic mass is 10.3. The number of dihydropyridines is 1. The van der Waals surface area contributed by atoms with Crippen LogP contribution >= 0.6 is 0 Å². The van der Waals surface area contributed by atoms with Gasteiger partial charge in [-0.3, -0.25) is 0 Å². The topological polar surface area (TPSA) is 47.3 Å². The average Bonchev–Trinajstić information content (AvgIpc) is 1.88. The number of nitrogens with one attached hydrogen (secondary N) is 1. The number of hydrogen-bond acceptors (Lipinski definition) is 3. The van der Waals surface area contributed by atoms with Crippen LogP contribution in [0.15, 0.2) is 24.0 Å². The molecule has 0 saturated heterocycles. The molecule has 0 saturated carbocycles. The van der Waals surface area contributed by atoms with Crippen LogP contribution in [0.2, 0.25) is 0 Å². The molecule has 0 aromatic carbocycles. The van der Waals surface area contributed by atoms with E-state index in [0.29, 0.717) is 5.82 Å². The molecule has 3 heteroatoms. The van der Waals surface area contributed by atoms with Gasteiger partial charge in [0.05, 0.1) is 5.82 Å². The van der Waals surface area contributed by atoms with Crippen LogP contribution in [0, 0.1) is 0 Å². The van der Waals surface area contributed by atoms with Crippen molar-refractivity contribution in [1.82, 2.24) is 5.32 Å². The fraction of sp³-hybridized carbons (Fsp3) is 0.333. The SMILES string of the molecule is COC1C=CC=C(N)N1. The lowest BCUT2D eigenvalue weighted by Gasteiger charge is -2.16. The Balaban J connectivity index is 2.51. The number of rotatable bonds is 1. The van der Waals surface area contributed by atoms with Gasteiger partial charge in [-0.2, -0.15) is 0 Å².